The predicted molar refractivity (Wildman–Crippen MR) is 97.5 cm³/mol. The van der Waals surface area contributed by atoms with Crippen molar-refractivity contribution in [1.82, 2.24) is 0 Å². The summed E-state index contributed by atoms with van der Waals surface area (Å²) in [5.74, 6) is 0.492. The lowest BCUT2D eigenvalue weighted by atomic mass is 9.99. The van der Waals surface area contributed by atoms with Gasteiger partial charge in [-0.1, -0.05) is 66.2 Å². The first-order valence-corrected chi connectivity index (χ1v) is 10.4. The molecule has 0 heterocycles. The highest BCUT2D eigenvalue weighted by Crippen LogP contribution is 2.24. The molecule has 0 aromatic rings. The van der Waals surface area contributed by atoms with Gasteiger partial charge < -0.3 is 9.05 Å². The van der Waals surface area contributed by atoms with Crippen LogP contribution in [-0.4, -0.2) is 24.8 Å². The lowest BCUT2D eigenvalue weighted by molar-refractivity contribution is -0.122. The largest absolute Gasteiger partial charge is 0.319 e. The van der Waals surface area contributed by atoms with Crippen molar-refractivity contribution in [1.29, 1.82) is 0 Å². The lowest BCUT2D eigenvalue weighted by Crippen LogP contribution is -2.12. The van der Waals surface area contributed by atoms with E-state index in [1.165, 1.54) is 0 Å². The number of ketones is 2. The summed E-state index contributed by atoms with van der Waals surface area (Å²) in [6.45, 7) is 7.90. The molecule has 24 heavy (non-hydrogen) atoms. The fourth-order valence-electron chi connectivity index (χ4n) is 2.52. The normalized spacial score (nSPS) is 13.9. The van der Waals surface area contributed by atoms with Gasteiger partial charge in [-0.25, -0.2) is 0 Å². The summed E-state index contributed by atoms with van der Waals surface area (Å²) in [5, 5.41) is 0. The highest BCUT2D eigenvalue weighted by molar-refractivity contribution is 7.33. The minimum absolute atomic E-state index is 0.0694. The van der Waals surface area contributed by atoms with Crippen LogP contribution in [0.1, 0.15) is 79.1 Å². The van der Waals surface area contributed by atoms with E-state index in [9.17, 15) is 14.2 Å². The molecule has 0 aromatic carbocycles. The Kier molecular flexibility index (Phi) is 14.5. The molecule has 0 saturated heterocycles. The highest BCUT2D eigenvalue weighted by atomic mass is 31.1. The van der Waals surface area contributed by atoms with Crippen molar-refractivity contribution in [2.45, 2.75) is 79.1 Å². The molecule has 0 bridgehead atoms. The zero-order valence-electron chi connectivity index (χ0n) is 15.8. The minimum atomic E-state index is -2.78. The maximum Gasteiger partial charge on any atom is 0.319 e. The van der Waals surface area contributed by atoms with Crippen LogP contribution >= 0.6 is 8.25 Å². The zero-order valence-corrected chi connectivity index (χ0v) is 16.8. The zero-order chi connectivity index (χ0) is 18.4. The predicted octanol–water partition coefficient (Wildman–Crippen LogP) is 4.98. The van der Waals surface area contributed by atoms with Crippen molar-refractivity contribution < 1.29 is 23.2 Å². The molecule has 2 atom stereocenters. The van der Waals surface area contributed by atoms with Crippen molar-refractivity contribution in [3.8, 4) is 0 Å². The Labute approximate surface area is 147 Å². The summed E-state index contributed by atoms with van der Waals surface area (Å²) in [4.78, 5) is 23.5. The van der Waals surface area contributed by atoms with Crippen molar-refractivity contribution >= 4 is 19.8 Å². The van der Waals surface area contributed by atoms with Crippen LogP contribution in [0.15, 0.2) is 0 Å². The molecule has 0 fully saturated rings. The van der Waals surface area contributed by atoms with Crippen LogP contribution in [0.5, 0.6) is 0 Å². The Bertz CT molecular complexity index is 350. The quantitative estimate of drug-likeness (QED) is 0.362. The van der Waals surface area contributed by atoms with Gasteiger partial charge in [0.2, 0.25) is 0 Å². The summed E-state index contributed by atoms with van der Waals surface area (Å²) in [6.07, 6.45) is 7.33. The van der Waals surface area contributed by atoms with E-state index in [1.54, 1.807) is 0 Å². The third kappa shape index (κ3) is 13.9. The standard InChI is InChI=1S/C18H35O5P/c1-5-7-9-15(3)11-17(19)13-22-24(21)23-14-18(20)12-16(4)10-8-6-2/h15-16,24H,5-14H2,1-4H3/t15-,16-/m0/s1. The summed E-state index contributed by atoms with van der Waals surface area (Å²) in [5.41, 5.74) is 0. The Morgan fingerprint density at radius 1 is 0.833 bits per heavy atom. The van der Waals surface area contributed by atoms with E-state index in [2.05, 4.69) is 13.8 Å². The fraction of sp³-hybridized carbons (Fsp3) is 0.889. The highest BCUT2D eigenvalue weighted by Gasteiger charge is 2.13. The maximum absolute atomic E-state index is 11.7. The lowest BCUT2D eigenvalue weighted by Gasteiger charge is -2.11. The van der Waals surface area contributed by atoms with E-state index in [4.69, 9.17) is 9.05 Å². The fourth-order valence-corrected chi connectivity index (χ4v) is 3.17. The summed E-state index contributed by atoms with van der Waals surface area (Å²) < 4.78 is 21.5. The van der Waals surface area contributed by atoms with Gasteiger partial charge in [0.15, 0.2) is 11.6 Å². The average Bonchev–Trinajstić information content (AvgIpc) is 2.54. The van der Waals surface area contributed by atoms with Gasteiger partial charge in [0.05, 0.1) is 0 Å². The van der Waals surface area contributed by atoms with Crippen molar-refractivity contribution in [2.75, 3.05) is 13.2 Å². The number of unbranched alkanes of at least 4 members (excludes halogenated alkanes) is 2. The average molecular weight is 362 g/mol. The Morgan fingerprint density at radius 2 is 1.21 bits per heavy atom. The number of rotatable bonds is 16. The van der Waals surface area contributed by atoms with E-state index in [0.717, 1.165) is 38.5 Å². The Morgan fingerprint density at radius 3 is 1.54 bits per heavy atom. The van der Waals surface area contributed by atoms with Gasteiger partial charge in [-0.05, 0) is 11.8 Å². The van der Waals surface area contributed by atoms with Crippen LogP contribution < -0.4 is 0 Å². The monoisotopic (exact) mass is 362 g/mol. The van der Waals surface area contributed by atoms with Gasteiger partial charge >= 0.3 is 8.25 Å². The van der Waals surface area contributed by atoms with E-state index in [-0.39, 0.29) is 24.8 Å². The van der Waals surface area contributed by atoms with Crippen molar-refractivity contribution in [3.05, 3.63) is 0 Å². The Balaban J connectivity index is 3.81. The molecule has 0 radical (unpaired) electrons. The van der Waals surface area contributed by atoms with E-state index >= 15 is 0 Å². The molecule has 6 heteroatoms. The van der Waals surface area contributed by atoms with Crippen LogP contribution in [0, 0.1) is 11.8 Å². The molecule has 0 unspecified atom stereocenters. The van der Waals surface area contributed by atoms with Crippen LogP contribution in [-0.2, 0) is 23.2 Å². The topological polar surface area (TPSA) is 69.7 Å². The molecule has 0 rings (SSSR count). The second-order valence-electron chi connectivity index (χ2n) is 6.81. The summed E-state index contributed by atoms with van der Waals surface area (Å²) >= 11 is 0. The van der Waals surface area contributed by atoms with Gasteiger partial charge in [0, 0.05) is 12.8 Å². The van der Waals surface area contributed by atoms with Crippen LogP contribution in [0.2, 0.25) is 0 Å². The minimum Gasteiger partial charge on any atom is -0.303 e. The third-order valence-electron chi connectivity index (χ3n) is 3.96. The first-order valence-electron chi connectivity index (χ1n) is 9.21. The number of hydrogen-bond donors (Lipinski definition) is 0. The van der Waals surface area contributed by atoms with Gasteiger partial charge in [0.1, 0.15) is 13.2 Å². The number of carbonyl (C=O) groups is 2. The van der Waals surface area contributed by atoms with E-state index < -0.39 is 8.25 Å². The molecule has 5 nitrogen and oxygen atoms in total. The number of carbonyl (C=O) groups excluding carboxylic acids is 2. The summed E-state index contributed by atoms with van der Waals surface area (Å²) in [6, 6.07) is 0. The first-order chi connectivity index (χ1) is 11.4. The van der Waals surface area contributed by atoms with Gasteiger partial charge in [-0.3, -0.25) is 14.2 Å². The van der Waals surface area contributed by atoms with Crippen molar-refractivity contribution in [3.63, 3.8) is 0 Å². The SMILES string of the molecule is CCCC[C@H](C)CC(=O)CO[PH](=O)OCC(=O)C[C@@H](C)CCCC. The van der Waals surface area contributed by atoms with E-state index in [0.29, 0.717) is 24.7 Å². The maximum atomic E-state index is 11.7. The smallest absolute Gasteiger partial charge is 0.303 e. The molecule has 0 N–H and O–H groups in total. The molecule has 0 aromatic heterocycles. The third-order valence-corrected chi connectivity index (χ3v) is 4.72. The second-order valence-corrected chi connectivity index (χ2v) is 7.89. The molecule has 142 valence electrons. The molecular formula is C18H35O5P. The van der Waals surface area contributed by atoms with E-state index in [1.807, 2.05) is 13.8 Å². The molecule has 0 aliphatic heterocycles. The van der Waals surface area contributed by atoms with Crippen LogP contribution in [0.4, 0.5) is 0 Å². The molecule has 0 amide bonds. The van der Waals surface area contributed by atoms with Gasteiger partial charge in [-0.15, -0.1) is 0 Å². The molecule has 0 aliphatic carbocycles. The second kappa shape index (κ2) is 14.8. The van der Waals surface area contributed by atoms with Gasteiger partial charge in [0.25, 0.3) is 0 Å². The van der Waals surface area contributed by atoms with Crippen molar-refractivity contribution in [2.24, 2.45) is 11.8 Å². The Hall–Kier alpha value is -0.510. The number of hydrogen-bond acceptors (Lipinski definition) is 5. The van der Waals surface area contributed by atoms with Gasteiger partial charge in [-0.2, -0.15) is 0 Å². The molecule has 0 aliphatic rings. The molecule has 0 spiro atoms. The molecular weight excluding hydrogens is 327 g/mol. The van der Waals surface area contributed by atoms with Crippen LogP contribution in [0.25, 0.3) is 0 Å². The number of Topliss-reactive ketones (excluding diaryl/α,β-unsaturated/α-hetero) is 2. The summed E-state index contributed by atoms with van der Waals surface area (Å²) in [7, 11) is -2.78. The van der Waals surface area contributed by atoms with Crippen LogP contribution in [0.3, 0.4) is 0 Å². The molecule has 0 saturated carbocycles. The first kappa shape index (κ1) is 23.5.